The number of amides is 1. The molecule has 2 aromatic rings. The van der Waals surface area contributed by atoms with Gasteiger partial charge in [0.25, 0.3) is 5.91 Å². The Hall–Kier alpha value is -2.82. The van der Waals surface area contributed by atoms with E-state index in [4.69, 9.17) is 22.1 Å². The molecule has 0 aliphatic rings. The van der Waals surface area contributed by atoms with E-state index in [0.717, 1.165) is 0 Å². The van der Waals surface area contributed by atoms with Crippen LogP contribution in [0.5, 0.6) is 0 Å². The first-order chi connectivity index (χ1) is 10.1. The van der Waals surface area contributed by atoms with E-state index in [1.165, 1.54) is 12.1 Å². The van der Waals surface area contributed by atoms with Gasteiger partial charge in [-0.3, -0.25) is 4.79 Å². The number of rotatable bonds is 2. The number of nitrogens with one attached hydrogen (secondary N) is 1. The van der Waals surface area contributed by atoms with Crippen LogP contribution in [0.2, 0.25) is 5.02 Å². The Balaban J connectivity index is 2.31. The fourth-order valence-corrected chi connectivity index (χ4v) is 2.04. The maximum atomic E-state index is 12.2. The largest absolute Gasteiger partial charge is 0.322 e. The molecule has 0 radical (unpaired) electrons. The normalized spacial score (nSPS) is 9.52. The second-order valence-corrected chi connectivity index (χ2v) is 4.76. The lowest BCUT2D eigenvalue weighted by Crippen LogP contribution is -2.13. The van der Waals surface area contributed by atoms with Crippen LogP contribution in [0.1, 0.15) is 27.0 Å². The Bertz CT molecular complexity index is 800. The summed E-state index contributed by atoms with van der Waals surface area (Å²) >= 11 is 5.99. The van der Waals surface area contributed by atoms with E-state index in [9.17, 15) is 4.79 Å². The molecular formula is C16H10ClN3O. The monoisotopic (exact) mass is 295 g/mol. The molecule has 4 nitrogen and oxygen atoms in total. The van der Waals surface area contributed by atoms with E-state index in [1.807, 2.05) is 12.1 Å². The van der Waals surface area contributed by atoms with Gasteiger partial charge < -0.3 is 5.32 Å². The van der Waals surface area contributed by atoms with Crippen LogP contribution in [0.4, 0.5) is 5.69 Å². The fraction of sp³-hybridized carbons (Fsp3) is 0.0625. The summed E-state index contributed by atoms with van der Waals surface area (Å²) in [5.74, 6) is -0.316. The molecule has 0 aliphatic heterocycles. The zero-order valence-electron chi connectivity index (χ0n) is 11.1. The standard InChI is InChI=1S/C16H10ClN3O/c1-10-14(3-2-4-15(10)17)16(21)20-13-6-5-11(8-18)12(7-13)9-19/h2-7H,1H3,(H,20,21). The first-order valence-corrected chi connectivity index (χ1v) is 6.45. The summed E-state index contributed by atoms with van der Waals surface area (Å²) in [6.45, 7) is 1.76. The van der Waals surface area contributed by atoms with E-state index in [-0.39, 0.29) is 17.0 Å². The van der Waals surface area contributed by atoms with Gasteiger partial charge in [-0.25, -0.2) is 0 Å². The highest BCUT2D eigenvalue weighted by molar-refractivity contribution is 6.32. The third-order valence-corrected chi connectivity index (χ3v) is 3.44. The maximum absolute atomic E-state index is 12.2. The summed E-state index contributed by atoms with van der Waals surface area (Å²) in [6, 6.07) is 13.5. The molecule has 2 aromatic carbocycles. The van der Waals surface area contributed by atoms with E-state index in [2.05, 4.69) is 5.32 Å². The van der Waals surface area contributed by atoms with Crippen LogP contribution in [0.25, 0.3) is 0 Å². The molecule has 0 saturated heterocycles. The third-order valence-electron chi connectivity index (χ3n) is 3.03. The van der Waals surface area contributed by atoms with Crippen LogP contribution < -0.4 is 5.32 Å². The van der Waals surface area contributed by atoms with Crippen molar-refractivity contribution in [3.05, 3.63) is 63.7 Å². The van der Waals surface area contributed by atoms with Gasteiger partial charge in [-0.1, -0.05) is 17.7 Å². The minimum absolute atomic E-state index is 0.220. The SMILES string of the molecule is Cc1c(Cl)cccc1C(=O)Nc1ccc(C#N)c(C#N)c1. The van der Waals surface area contributed by atoms with Crippen molar-refractivity contribution in [2.75, 3.05) is 5.32 Å². The van der Waals surface area contributed by atoms with Crippen LogP contribution in [-0.4, -0.2) is 5.91 Å². The Kier molecular flexibility index (Phi) is 4.23. The summed E-state index contributed by atoms with van der Waals surface area (Å²) in [4.78, 5) is 12.2. The van der Waals surface area contributed by atoms with E-state index >= 15 is 0 Å². The van der Waals surface area contributed by atoms with Gasteiger partial charge in [0.2, 0.25) is 0 Å². The number of benzene rings is 2. The van der Waals surface area contributed by atoms with Gasteiger partial charge in [0.1, 0.15) is 12.1 Å². The van der Waals surface area contributed by atoms with Gasteiger partial charge in [-0.15, -0.1) is 0 Å². The molecule has 21 heavy (non-hydrogen) atoms. The number of anilines is 1. The lowest BCUT2D eigenvalue weighted by molar-refractivity contribution is 0.102. The van der Waals surface area contributed by atoms with Crippen molar-refractivity contribution >= 4 is 23.2 Å². The van der Waals surface area contributed by atoms with Gasteiger partial charge in [0, 0.05) is 16.3 Å². The third kappa shape index (κ3) is 3.02. The molecule has 102 valence electrons. The van der Waals surface area contributed by atoms with Crippen molar-refractivity contribution in [3.8, 4) is 12.1 Å². The first kappa shape index (κ1) is 14.6. The zero-order valence-corrected chi connectivity index (χ0v) is 11.9. The van der Waals surface area contributed by atoms with E-state index in [0.29, 0.717) is 21.8 Å². The van der Waals surface area contributed by atoms with Gasteiger partial charge in [-0.05, 0) is 42.8 Å². The van der Waals surface area contributed by atoms with Gasteiger partial charge in [0.15, 0.2) is 0 Å². The summed E-state index contributed by atoms with van der Waals surface area (Å²) in [6.07, 6.45) is 0. The van der Waals surface area contributed by atoms with Crippen LogP contribution in [-0.2, 0) is 0 Å². The minimum Gasteiger partial charge on any atom is -0.322 e. The van der Waals surface area contributed by atoms with Crippen molar-refractivity contribution in [1.82, 2.24) is 0 Å². The number of carbonyl (C=O) groups excluding carboxylic acids is 1. The number of nitrogens with zero attached hydrogens (tertiary/aromatic N) is 2. The molecule has 5 heteroatoms. The summed E-state index contributed by atoms with van der Waals surface area (Å²) in [7, 11) is 0. The highest BCUT2D eigenvalue weighted by Gasteiger charge is 2.12. The number of nitriles is 2. The Morgan fingerprint density at radius 3 is 2.52 bits per heavy atom. The second kappa shape index (κ2) is 6.09. The van der Waals surface area contributed by atoms with Gasteiger partial charge in [-0.2, -0.15) is 10.5 Å². The van der Waals surface area contributed by atoms with E-state index < -0.39 is 0 Å². The number of carbonyl (C=O) groups is 1. The summed E-state index contributed by atoms with van der Waals surface area (Å²) in [5, 5.41) is 21.0. The van der Waals surface area contributed by atoms with Crippen molar-refractivity contribution in [2.45, 2.75) is 6.92 Å². The molecular weight excluding hydrogens is 286 g/mol. The molecule has 0 fully saturated rings. The Morgan fingerprint density at radius 1 is 1.14 bits per heavy atom. The van der Waals surface area contributed by atoms with Crippen molar-refractivity contribution in [1.29, 1.82) is 10.5 Å². The van der Waals surface area contributed by atoms with E-state index in [1.54, 1.807) is 31.2 Å². The topological polar surface area (TPSA) is 76.7 Å². The highest BCUT2D eigenvalue weighted by Crippen LogP contribution is 2.21. The Labute approximate surface area is 127 Å². The van der Waals surface area contributed by atoms with Crippen molar-refractivity contribution < 1.29 is 4.79 Å². The number of hydrogen-bond acceptors (Lipinski definition) is 3. The smallest absolute Gasteiger partial charge is 0.255 e. The molecule has 1 N–H and O–H groups in total. The molecule has 0 saturated carbocycles. The molecule has 0 spiro atoms. The molecule has 0 atom stereocenters. The lowest BCUT2D eigenvalue weighted by Gasteiger charge is -2.09. The number of hydrogen-bond donors (Lipinski definition) is 1. The average Bonchev–Trinajstić information content (AvgIpc) is 2.49. The molecule has 0 bridgehead atoms. The first-order valence-electron chi connectivity index (χ1n) is 6.07. The second-order valence-electron chi connectivity index (χ2n) is 4.35. The molecule has 2 rings (SSSR count). The van der Waals surface area contributed by atoms with Gasteiger partial charge >= 0.3 is 0 Å². The fourth-order valence-electron chi connectivity index (χ4n) is 1.86. The van der Waals surface area contributed by atoms with Gasteiger partial charge in [0.05, 0.1) is 11.1 Å². The highest BCUT2D eigenvalue weighted by atomic mass is 35.5. The van der Waals surface area contributed by atoms with Crippen LogP contribution in [0, 0.1) is 29.6 Å². The maximum Gasteiger partial charge on any atom is 0.255 e. The lowest BCUT2D eigenvalue weighted by atomic mass is 10.1. The average molecular weight is 296 g/mol. The van der Waals surface area contributed by atoms with Crippen molar-refractivity contribution in [3.63, 3.8) is 0 Å². The molecule has 0 aliphatic carbocycles. The predicted molar refractivity (Wildman–Crippen MR) is 80.0 cm³/mol. The number of halogens is 1. The van der Waals surface area contributed by atoms with Crippen LogP contribution in [0.3, 0.4) is 0 Å². The van der Waals surface area contributed by atoms with Crippen LogP contribution >= 0.6 is 11.6 Å². The summed E-state index contributed by atoms with van der Waals surface area (Å²) < 4.78 is 0. The minimum atomic E-state index is -0.316. The van der Waals surface area contributed by atoms with Crippen molar-refractivity contribution in [2.24, 2.45) is 0 Å². The van der Waals surface area contributed by atoms with Crippen LogP contribution in [0.15, 0.2) is 36.4 Å². The molecule has 0 unspecified atom stereocenters. The predicted octanol–water partition coefficient (Wildman–Crippen LogP) is 3.64. The zero-order chi connectivity index (χ0) is 15.4. The summed E-state index contributed by atoms with van der Waals surface area (Å²) in [5.41, 5.74) is 2.10. The Morgan fingerprint density at radius 2 is 1.86 bits per heavy atom. The quantitative estimate of drug-likeness (QED) is 0.918. The molecule has 1 amide bonds. The molecule has 0 aromatic heterocycles. The molecule has 0 heterocycles.